The summed E-state index contributed by atoms with van der Waals surface area (Å²) in [6.07, 6.45) is 1.51. The van der Waals surface area contributed by atoms with Gasteiger partial charge in [0.15, 0.2) is 0 Å². The number of rotatable bonds is 3. The van der Waals surface area contributed by atoms with Gasteiger partial charge >= 0.3 is 0 Å². The van der Waals surface area contributed by atoms with Crippen LogP contribution in [0.15, 0.2) is 48.5 Å². The molecule has 0 aliphatic rings. The maximum atomic E-state index is 8.59. The fraction of sp³-hybridized carbons (Fsp3) is 0. The molecule has 2 aromatic rings. The molecule has 0 aromatic heterocycles. The quantitative estimate of drug-likeness (QED) is 0.876. The molecule has 0 amide bonds. The average molecular weight is 242 g/mol. The van der Waals surface area contributed by atoms with Crippen molar-refractivity contribution >= 4 is 23.0 Å². The van der Waals surface area contributed by atoms with Crippen molar-refractivity contribution in [2.75, 3.05) is 5.32 Å². The number of nitrogens with one attached hydrogen (secondary N) is 1. The van der Waals surface area contributed by atoms with Crippen molar-refractivity contribution in [3.63, 3.8) is 0 Å². The first-order chi connectivity index (χ1) is 8.28. The first-order valence-corrected chi connectivity index (χ1v) is 5.51. The summed E-state index contributed by atoms with van der Waals surface area (Å²) in [5.41, 5.74) is 2.78. The van der Waals surface area contributed by atoms with E-state index in [0.717, 1.165) is 16.9 Å². The normalized spacial score (nSPS) is 9.65. The first kappa shape index (κ1) is 11.5. The molecule has 1 N–H and O–H groups in total. The minimum absolute atomic E-state index is 0.710. The summed E-state index contributed by atoms with van der Waals surface area (Å²) in [5, 5.41) is 12.5. The number of hydrogen-bond acceptors (Lipinski definition) is 2. The van der Waals surface area contributed by atoms with Crippen LogP contribution in [0.1, 0.15) is 5.56 Å². The molecule has 83 valence electrons. The molecule has 0 bridgehead atoms. The van der Waals surface area contributed by atoms with Gasteiger partial charge in [-0.2, -0.15) is 5.26 Å². The van der Waals surface area contributed by atoms with E-state index in [9.17, 15) is 0 Å². The Morgan fingerprint density at radius 3 is 2.53 bits per heavy atom. The van der Waals surface area contributed by atoms with Gasteiger partial charge in [0.05, 0.1) is 12.5 Å². The molecule has 0 atom stereocenters. The average Bonchev–Trinajstić information content (AvgIpc) is 2.33. The summed E-state index contributed by atoms with van der Waals surface area (Å²) < 4.78 is 0. The maximum Gasteiger partial charge on any atom is 0.0912 e. The van der Waals surface area contributed by atoms with Gasteiger partial charge in [-0.1, -0.05) is 23.7 Å². The lowest BCUT2D eigenvalue weighted by Crippen LogP contribution is -1.90. The fourth-order valence-corrected chi connectivity index (χ4v) is 1.61. The third kappa shape index (κ3) is 3.24. The summed E-state index contributed by atoms with van der Waals surface area (Å²) >= 11 is 5.81. The van der Waals surface area contributed by atoms with Crippen LogP contribution < -0.4 is 5.32 Å². The van der Waals surface area contributed by atoms with Gasteiger partial charge in [0.1, 0.15) is 0 Å². The number of halogens is 1. The highest BCUT2D eigenvalue weighted by Crippen LogP contribution is 2.20. The molecule has 2 nitrogen and oxygen atoms in total. The Morgan fingerprint density at radius 1 is 1.06 bits per heavy atom. The van der Waals surface area contributed by atoms with E-state index in [-0.39, 0.29) is 0 Å². The van der Waals surface area contributed by atoms with E-state index in [0.29, 0.717) is 5.02 Å². The Morgan fingerprint density at radius 2 is 1.82 bits per heavy atom. The molecule has 0 saturated heterocycles. The Hall–Kier alpha value is -1.98. The Labute approximate surface area is 105 Å². The molecule has 0 spiro atoms. The lowest BCUT2D eigenvalue weighted by molar-refractivity contribution is 1.45. The smallest absolute Gasteiger partial charge is 0.0912 e. The second-order valence-corrected chi connectivity index (χ2v) is 3.97. The number of nitrogens with zero attached hydrogens (tertiary/aromatic N) is 1. The number of hydrogen-bond donors (Lipinski definition) is 1. The first-order valence-electron chi connectivity index (χ1n) is 5.13. The molecule has 0 fully saturated rings. The van der Waals surface area contributed by atoms with Gasteiger partial charge in [-0.3, -0.25) is 0 Å². The van der Waals surface area contributed by atoms with E-state index in [4.69, 9.17) is 16.9 Å². The molecule has 1 radical (unpaired) electrons. The molecular weight excluding hydrogens is 232 g/mol. The Kier molecular flexibility index (Phi) is 3.64. The predicted molar refractivity (Wildman–Crippen MR) is 70.2 cm³/mol. The van der Waals surface area contributed by atoms with Gasteiger partial charge in [0.2, 0.25) is 0 Å². The van der Waals surface area contributed by atoms with E-state index in [1.807, 2.05) is 54.6 Å². The molecule has 0 unspecified atom stereocenters. The number of benzene rings is 2. The highest BCUT2D eigenvalue weighted by atomic mass is 35.5. The lowest BCUT2D eigenvalue weighted by Gasteiger charge is -2.07. The molecule has 3 heteroatoms. The molecule has 2 rings (SSSR count). The van der Waals surface area contributed by atoms with Gasteiger partial charge in [0, 0.05) is 16.4 Å². The number of anilines is 2. The summed E-state index contributed by atoms with van der Waals surface area (Å²) in [7, 11) is 0. The highest BCUT2D eigenvalue weighted by molar-refractivity contribution is 6.30. The van der Waals surface area contributed by atoms with Crippen LogP contribution >= 0.6 is 11.6 Å². The van der Waals surface area contributed by atoms with Gasteiger partial charge < -0.3 is 5.32 Å². The van der Waals surface area contributed by atoms with Crippen molar-refractivity contribution < 1.29 is 0 Å². The largest absolute Gasteiger partial charge is 0.356 e. The Balaban J connectivity index is 2.16. The van der Waals surface area contributed by atoms with Crippen molar-refractivity contribution in [3.05, 3.63) is 65.5 Å². The molecular formula is C14H10ClN2. The molecule has 17 heavy (non-hydrogen) atoms. The van der Waals surface area contributed by atoms with Crippen LogP contribution in [0, 0.1) is 17.8 Å². The van der Waals surface area contributed by atoms with Crippen molar-refractivity contribution in [2.24, 2.45) is 0 Å². The summed E-state index contributed by atoms with van der Waals surface area (Å²) in [6.45, 7) is 0. The van der Waals surface area contributed by atoms with E-state index < -0.39 is 0 Å². The zero-order valence-electron chi connectivity index (χ0n) is 9.02. The van der Waals surface area contributed by atoms with Crippen LogP contribution in [-0.4, -0.2) is 0 Å². The molecule has 0 aliphatic heterocycles. The van der Waals surface area contributed by atoms with E-state index >= 15 is 0 Å². The maximum absolute atomic E-state index is 8.59. The van der Waals surface area contributed by atoms with Crippen LogP contribution in [0.3, 0.4) is 0 Å². The summed E-state index contributed by atoms with van der Waals surface area (Å²) in [5.74, 6) is 0. The Bertz CT molecular complexity index is 541. The minimum Gasteiger partial charge on any atom is -0.356 e. The van der Waals surface area contributed by atoms with E-state index in [1.54, 1.807) is 0 Å². The van der Waals surface area contributed by atoms with Crippen LogP contribution in [-0.2, 0) is 0 Å². The molecule has 2 aromatic carbocycles. The molecule has 0 saturated carbocycles. The van der Waals surface area contributed by atoms with Crippen LogP contribution in [0.25, 0.3) is 0 Å². The van der Waals surface area contributed by atoms with Crippen LogP contribution in [0.4, 0.5) is 11.4 Å². The standard InChI is InChI=1S/C14H10ClN2/c15-12-4-6-13(7-5-12)17-14-3-1-2-11(10-14)8-9-16/h1-8,10,17H. The zero-order chi connectivity index (χ0) is 12.1. The van der Waals surface area contributed by atoms with Gasteiger partial charge in [-0.05, 0) is 42.0 Å². The topological polar surface area (TPSA) is 35.8 Å². The predicted octanol–water partition coefficient (Wildman–Crippen LogP) is 4.16. The van der Waals surface area contributed by atoms with E-state index in [2.05, 4.69) is 5.32 Å². The van der Waals surface area contributed by atoms with Gasteiger partial charge in [-0.25, -0.2) is 0 Å². The van der Waals surface area contributed by atoms with Crippen molar-refractivity contribution in [3.8, 4) is 6.07 Å². The zero-order valence-corrected chi connectivity index (χ0v) is 9.78. The minimum atomic E-state index is 0.710. The SMILES string of the molecule is N#C[CH]c1cccc(Nc2ccc(Cl)cc2)c1. The van der Waals surface area contributed by atoms with E-state index in [1.165, 1.54) is 6.42 Å². The highest BCUT2D eigenvalue weighted by Gasteiger charge is 1.97. The van der Waals surface area contributed by atoms with Crippen molar-refractivity contribution in [1.29, 1.82) is 5.26 Å². The monoisotopic (exact) mass is 241 g/mol. The third-order valence-corrected chi connectivity index (χ3v) is 2.50. The van der Waals surface area contributed by atoms with Crippen LogP contribution in [0.2, 0.25) is 5.02 Å². The lowest BCUT2D eigenvalue weighted by atomic mass is 10.1. The van der Waals surface area contributed by atoms with Crippen molar-refractivity contribution in [1.82, 2.24) is 0 Å². The molecule has 0 heterocycles. The van der Waals surface area contributed by atoms with Crippen LogP contribution in [0.5, 0.6) is 0 Å². The second-order valence-electron chi connectivity index (χ2n) is 3.53. The second kappa shape index (κ2) is 5.38. The summed E-state index contributed by atoms with van der Waals surface area (Å²) in [4.78, 5) is 0. The van der Waals surface area contributed by atoms with Crippen molar-refractivity contribution in [2.45, 2.75) is 0 Å². The number of nitriles is 1. The summed E-state index contributed by atoms with van der Waals surface area (Å²) in [6, 6.07) is 17.1. The third-order valence-electron chi connectivity index (χ3n) is 2.25. The molecule has 0 aliphatic carbocycles. The fourth-order valence-electron chi connectivity index (χ4n) is 1.48. The van der Waals surface area contributed by atoms with Gasteiger partial charge in [-0.15, -0.1) is 0 Å². The van der Waals surface area contributed by atoms with Gasteiger partial charge in [0.25, 0.3) is 0 Å².